The van der Waals surface area contributed by atoms with E-state index in [1.54, 1.807) is 6.08 Å². The molecule has 62 valence electrons. The van der Waals surface area contributed by atoms with Crippen LogP contribution in [0.4, 0.5) is 0 Å². The molecule has 0 aliphatic heterocycles. The van der Waals surface area contributed by atoms with Crippen LogP contribution in [0.25, 0.3) is 0 Å². The third kappa shape index (κ3) is 2.87. The number of hydrogen-bond donors (Lipinski definition) is 0. The van der Waals surface area contributed by atoms with E-state index in [4.69, 9.17) is 0 Å². The Bertz CT molecular complexity index is 154. The summed E-state index contributed by atoms with van der Waals surface area (Å²) in [7, 11) is 0. The van der Waals surface area contributed by atoms with Gasteiger partial charge in [0.2, 0.25) is 0 Å². The molecule has 0 aromatic carbocycles. The quantitative estimate of drug-likeness (QED) is 0.566. The Morgan fingerprint density at radius 1 is 1.55 bits per heavy atom. The third-order valence-electron chi connectivity index (χ3n) is 2.38. The van der Waals surface area contributed by atoms with E-state index in [2.05, 4.69) is 0 Å². The van der Waals surface area contributed by atoms with Crippen LogP contribution in [-0.4, -0.2) is 5.78 Å². The summed E-state index contributed by atoms with van der Waals surface area (Å²) in [4.78, 5) is 11.0. The SMILES string of the molecule is CC=CC(=O)CCC1CCC1. The van der Waals surface area contributed by atoms with Gasteiger partial charge < -0.3 is 0 Å². The Balaban J connectivity index is 2.05. The highest BCUT2D eigenvalue weighted by atomic mass is 16.1. The maximum atomic E-state index is 11.0. The second-order valence-electron chi connectivity index (χ2n) is 3.30. The third-order valence-corrected chi connectivity index (χ3v) is 2.38. The number of ketones is 1. The summed E-state index contributed by atoms with van der Waals surface area (Å²) in [5, 5.41) is 0. The van der Waals surface area contributed by atoms with E-state index < -0.39 is 0 Å². The Morgan fingerprint density at radius 2 is 2.27 bits per heavy atom. The van der Waals surface area contributed by atoms with Crippen LogP contribution in [0, 0.1) is 5.92 Å². The molecule has 0 heterocycles. The smallest absolute Gasteiger partial charge is 0.155 e. The van der Waals surface area contributed by atoms with E-state index in [0.29, 0.717) is 5.78 Å². The van der Waals surface area contributed by atoms with Crippen LogP contribution in [0.2, 0.25) is 0 Å². The average molecular weight is 152 g/mol. The molecule has 0 atom stereocenters. The second-order valence-corrected chi connectivity index (χ2v) is 3.30. The van der Waals surface area contributed by atoms with Crippen molar-refractivity contribution in [3.05, 3.63) is 12.2 Å². The highest BCUT2D eigenvalue weighted by Crippen LogP contribution is 2.30. The van der Waals surface area contributed by atoms with Crippen LogP contribution in [0.15, 0.2) is 12.2 Å². The Labute approximate surface area is 68.5 Å². The molecule has 0 amide bonds. The molecule has 1 fully saturated rings. The standard InChI is InChI=1S/C10H16O/c1-2-4-10(11)8-7-9-5-3-6-9/h2,4,9H,3,5-8H2,1H3. The van der Waals surface area contributed by atoms with Gasteiger partial charge in [-0.25, -0.2) is 0 Å². The maximum Gasteiger partial charge on any atom is 0.155 e. The van der Waals surface area contributed by atoms with Gasteiger partial charge in [0.25, 0.3) is 0 Å². The molecule has 0 radical (unpaired) electrons. The van der Waals surface area contributed by atoms with Crippen molar-refractivity contribution in [1.29, 1.82) is 0 Å². The highest BCUT2D eigenvalue weighted by molar-refractivity contribution is 5.89. The molecule has 0 unspecified atom stereocenters. The monoisotopic (exact) mass is 152 g/mol. The highest BCUT2D eigenvalue weighted by Gasteiger charge is 2.17. The molecule has 1 heteroatoms. The van der Waals surface area contributed by atoms with Gasteiger partial charge in [0.1, 0.15) is 0 Å². The predicted octanol–water partition coefficient (Wildman–Crippen LogP) is 2.71. The van der Waals surface area contributed by atoms with Crippen LogP contribution in [-0.2, 0) is 4.79 Å². The zero-order chi connectivity index (χ0) is 8.10. The van der Waals surface area contributed by atoms with Gasteiger partial charge in [-0.05, 0) is 25.3 Å². The van der Waals surface area contributed by atoms with Gasteiger partial charge in [0.05, 0.1) is 0 Å². The van der Waals surface area contributed by atoms with Crippen LogP contribution in [0.1, 0.15) is 39.0 Å². The summed E-state index contributed by atoms with van der Waals surface area (Å²) in [6, 6.07) is 0. The number of carbonyl (C=O) groups is 1. The minimum absolute atomic E-state index is 0.291. The van der Waals surface area contributed by atoms with Crippen molar-refractivity contribution >= 4 is 5.78 Å². The number of hydrogen-bond acceptors (Lipinski definition) is 1. The van der Waals surface area contributed by atoms with E-state index in [9.17, 15) is 4.79 Å². The first-order valence-electron chi connectivity index (χ1n) is 4.48. The maximum absolute atomic E-state index is 11.0. The fourth-order valence-corrected chi connectivity index (χ4v) is 1.40. The van der Waals surface area contributed by atoms with E-state index in [-0.39, 0.29) is 0 Å². The van der Waals surface area contributed by atoms with Crippen LogP contribution >= 0.6 is 0 Å². The van der Waals surface area contributed by atoms with Crippen molar-refractivity contribution in [2.45, 2.75) is 39.0 Å². The summed E-state index contributed by atoms with van der Waals surface area (Å²) in [5.41, 5.74) is 0. The molecule has 1 rings (SSSR count). The fraction of sp³-hybridized carbons (Fsp3) is 0.700. The molecule has 0 aromatic rings. The van der Waals surface area contributed by atoms with Gasteiger partial charge in [0, 0.05) is 6.42 Å². The van der Waals surface area contributed by atoms with Crippen LogP contribution < -0.4 is 0 Å². The molecule has 0 aromatic heterocycles. The summed E-state index contributed by atoms with van der Waals surface area (Å²) in [5.74, 6) is 1.16. The van der Waals surface area contributed by atoms with Crippen molar-refractivity contribution in [3.63, 3.8) is 0 Å². The molecule has 1 aliphatic rings. The van der Waals surface area contributed by atoms with E-state index >= 15 is 0 Å². The van der Waals surface area contributed by atoms with Crippen molar-refractivity contribution in [1.82, 2.24) is 0 Å². The lowest BCUT2D eigenvalue weighted by Gasteiger charge is -2.24. The summed E-state index contributed by atoms with van der Waals surface area (Å²) in [6.07, 6.45) is 9.45. The van der Waals surface area contributed by atoms with E-state index in [1.165, 1.54) is 19.3 Å². The zero-order valence-electron chi connectivity index (χ0n) is 7.18. The summed E-state index contributed by atoms with van der Waals surface area (Å²) < 4.78 is 0. The molecule has 11 heavy (non-hydrogen) atoms. The molecule has 1 nitrogen and oxygen atoms in total. The molecule has 0 bridgehead atoms. The lowest BCUT2D eigenvalue weighted by molar-refractivity contribution is -0.115. The normalized spacial score (nSPS) is 18.6. The molecule has 0 spiro atoms. The topological polar surface area (TPSA) is 17.1 Å². The minimum atomic E-state index is 0.291. The van der Waals surface area contributed by atoms with E-state index in [0.717, 1.165) is 18.8 Å². The largest absolute Gasteiger partial charge is 0.295 e. The number of allylic oxidation sites excluding steroid dienone is 2. The summed E-state index contributed by atoms with van der Waals surface area (Å²) >= 11 is 0. The average Bonchev–Trinajstić information content (AvgIpc) is 1.85. The van der Waals surface area contributed by atoms with Crippen molar-refractivity contribution < 1.29 is 4.79 Å². The van der Waals surface area contributed by atoms with Crippen molar-refractivity contribution in [3.8, 4) is 0 Å². The fourth-order valence-electron chi connectivity index (χ4n) is 1.40. The van der Waals surface area contributed by atoms with Crippen LogP contribution in [0.3, 0.4) is 0 Å². The van der Waals surface area contributed by atoms with Crippen molar-refractivity contribution in [2.75, 3.05) is 0 Å². The number of rotatable bonds is 4. The lowest BCUT2D eigenvalue weighted by atomic mass is 9.82. The van der Waals surface area contributed by atoms with Crippen LogP contribution in [0.5, 0.6) is 0 Å². The second kappa shape index (κ2) is 4.32. The zero-order valence-corrected chi connectivity index (χ0v) is 7.18. The van der Waals surface area contributed by atoms with Gasteiger partial charge >= 0.3 is 0 Å². The molecule has 1 saturated carbocycles. The predicted molar refractivity (Wildman–Crippen MR) is 46.4 cm³/mol. The van der Waals surface area contributed by atoms with Gasteiger partial charge in [-0.2, -0.15) is 0 Å². The van der Waals surface area contributed by atoms with Gasteiger partial charge in [-0.1, -0.05) is 25.3 Å². The first-order chi connectivity index (χ1) is 5.33. The first-order valence-corrected chi connectivity index (χ1v) is 4.48. The molecule has 1 aliphatic carbocycles. The van der Waals surface area contributed by atoms with Crippen molar-refractivity contribution in [2.24, 2.45) is 5.92 Å². The molecular formula is C10H16O. The molecular weight excluding hydrogens is 136 g/mol. The lowest BCUT2D eigenvalue weighted by Crippen LogP contribution is -2.11. The summed E-state index contributed by atoms with van der Waals surface area (Å²) in [6.45, 7) is 1.89. The number of carbonyl (C=O) groups excluding carboxylic acids is 1. The molecule has 0 saturated heterocycles. The van der Waals surface area contributed by atoms with E-state index in [1.807, 2.05) is 13.0 Å². The Morgan fingerprint density at radius 3 is 2.73 bits per heavy atom. The van der Waals surface area contributed by atoms with Gasteiger partial charge in [0.15, 0.2) is 5.78 Å². The van der Waals surface area contributed by atoms with Gasteiger partial charge in [-0.15, -0.1) is 0 Å². The Hall–Kier alpha value is -0.590. The molecule has 0 N–H and O–H groups in total. The minimum Gasteiger partial charge on any atom is -0.295 e. The van der Waals surface area contributed by atoms with Gasteiger partial charge in [-0.3, -0.25) is 4.79 Å². The Kier molecular flexibility index (Phi) is 3.34. The first kappa shape index (κ1) is 8.51.